The van der Waals surface area contributed by atoms with Gasteiger partial charge in [0.05, 0.1) is 11.0 Å². The number of anilines is 2. The average Bonchev–Trinajstić information content (AvgIpc) is 2.83. The Bertz CT molecular complexity index is 1140. The first kappa shape index (κ1) is 24.5. The van der Waals surface area contributed by atoms with Crippen LogP contribution in [0.1, 0.15) is 25.7 Å². The van der Waals surface area contributed by atoms with Crippen molar-refractivity contribution in [3.05, 3.63) is 71.0 Å². The van der Waals surface area contributed by atoms with Crippen LogP contribution in [0.5, 0.6) is 0 Å². The van der Waals surface area contributed by atoms with E-state index in [2.05, 4.69) is 32.5 Å². The van der Waals surface area contributed by atoms with E-state index in [-0.39, 0.29) is 0 Å². The van der Waals surface area contributed by atoms with Crippen molar-refractivity contribution in [1.29, 1.82) is 0 Å². The summed E-state index contributed by atoms with van der Waals surface area (Å²) in [4.78, 5) is 11.2. The zero-order valence-corrected chi connectivity index (χ0v) is 21.0. The molecule has 5 nitrogen and oxygen atoms in total. The Balaban J connectivity index is 1.10. The van der Waals surface area contributed by atoms with E-state index in [1.54, 1.807) is 0 Å². The highest BCUT2D eigenvalue weighted by Crippen LogP contribution is 2.25. The SMILES string of the molecule is CN(CCCCNc1ccnc2cc(Cl)ccc12)CCCCNc1ccnc2cc(Cl)ccc12. The van der Waals surface area contributed by atoms with Gasteiger partial charge in [-0.15, -0.1) is 0 Å². The van der Waals surface area contributed by atoms with Crippen LogP contribution in [-0.4, -0.2) is 48.1 Å². The van der Waals surface area contributed by atoms with Crippen LogP contribution in [-0.2, 0) is 0 Å². The number of benzene rings is 2. The third kappa shape index (κ3) is 6.72. The van der Waals surface area contributed by atoms with Crippen molar-refractivity contribution in [2.24, 2.45) is 0 Å². The first-order valence-electron chi connectivity index (χ1n) is 11.8. The zero-order chi connectivity index (χ0) is 23.8. The molecule has 4 aromatic rings. The quantitative estimate of drug-likeness (QED) is 0.205. The number of hydrogen-bond acceptors (Lipinski definition) is 5. The Morgan fingerprint density at radius 2 is 1.15 bits per heavy atom. The predicted molar refractivity (Wildman–Crippen MR) is 146 cm³/mol. The van der Waals surface area contributed by atoms with Gasteiger partial charge in [-0.2, -0.15) is 0 Å². The first-order valence-corrected chi connectivity index (χ1v) is 12.6. The standard InChI is InChI=1S/C27H31Cl2N5/c1-34(16-4-2-12-30-24-10-14-32-26-18-20(28)6-8-22(24)26)17-5-3-13-31-25-11-15-33-27-19-21(29)7-9-23(25)27/h6-11,14-15,18-19H,2-5,12-13,16-17H2,1H3,(H,30,32)(H,31,33). The molecule has 2 aromatic carbocycles. The van der Waals surface area contributed by atoms with E-state index < -0.39 is 0 Å². The number of unbranched alkanes of at least 4 members (excludes halogenated alkanes) is 2. The number of aromatic nitrogens is 2. The van der Waals surface area contributed by atoms with E-state index in [9.17, 15) is 0 Å². The van der Waals surface area contributed by atoms with Gasteiger partial charge in [0.1, 0.15) is 0 Å². The van der Waals surface area contributed by atoms with E-state index in [1.807, 2.05) is 60.9 Å². The molecular formula is C27H31Cl2N5. The van der Waals surface area contributed by atoms with Crippen LogP contribution in [0.25, 0.3) is 21.8 Å². The lowest BCUT2D eigenvalue weighted by Gasteiger charge is -2.17. The molecule has 0 fully saturated rings. The van der Waals surface area contributed by atoms with Crippen molar-refractivity contribution >= 4 is 56.4 Å². The molecule has 0 aliphatic rings. The van der Waals surface area contributed by atoms with E-state index >= 15 is 0 Å². The maximum Gasteiger partial charge on any atom is 0.0737 e. The second-order valence-electron chi connectivity index (χ2n) is 8.61. The van der Waals surface area contributed by atoms with Crippen LogP contribution >= 0.6 is 23.2 Å². The van der Waals surface area contributed by atoms with E-state index in [0.29, 0.717) is 10.0 Å². The van der Waals surface area contributed by atoms with Gasteiger partial charge >= 0.3 is 0 Å². The lowest BCUT2D eigenvalue weighted by molar-refractivity contribution is 0.321. The number of nitrogens with one attached hydrogen (secondary N) is 2. The summed E-state index contributed by atoms with van der Waals surface area (Å²) in [5, 5.41) is 10.8. The Morgan fingerprint density at radius 1 is 0.676 bits per heavy atom. The molecule has 2 heterocycles. The molecule has 4 rings (SSSR count). The maximum absolute atomic E-state index is 6.08. The Kier molecular flexibility index (Phi) is 8.80. The number of fused-ring (bicyclic) bond motifs is 2. The van der Waals surface area contributed by atoms with Crippen molar-refractivity contribution < 1.29 is 0 Å². The molecule has 0 atom stereocenters. The monoisotopic (exact) mass is 495 g/mol. The van der Waals surface area contributed by atoms with Crippen molar-refractivity contribution in [1.82, 2.24) is 14.9 Å². The van der Waals surface area contributed by atoms with Gasteiger partial charge in [-0.3, -0.25) is 9.97 Å². The topological polar surface area (TPSA) is 53.1 Å². The fourth-order valence-electron chi connectivity index (χ4n) is 4.12. The first-order chi connectivity index (χ1) is 16.6. The van der Waals surface area contributed by atoms with Crippen molar-refractivity contribution in [2.45, 2.75) is 25.7 Å². The molecule has 2 N–H and O–H groups in total. The summed E-state index contributed by atoms with van der Waals surface area (Å²) >= 11 is 12.2. The van der Waals surface area contributed by atoms with Crippen molar-refractivity contribution in [3.63, 3.8) is 0 Å². The summed E-state index contributed by atoms with van der Waals surface area (Å²) in [6.45, 7) is 4.12. The predicted octanol–water partition coefficient (Wildman–Crippen LogP) is 7.11. The molecule has 0 radical (unpaired) electrons. The van der Waals surface area contributed by atoms with Crippen LogP contribution in [0.4, 0.5) is 11.4 Å². The lowest BCUT2D eigenvalue weighted by Crippen LogP contribution is -2.22. The van der Waals surface area contributed by atoms with E-state index in [0.717, 1.165) is 72.2 Å². The molecule has 0 spiro atoms. The highest BCUT2D eigenvalue weighted by atomic mass is 35.5. The minimum Gasteiger partial charge on any atom is -0.384 e. The molecule has 0 aliphatic carbocycles. The van der Waals surface area contributed by atoms with Crippen LogP contribution in [0.15, 0.2) is 60.9 Å². The smallest absolute Gasteiger partial charge is 0.0737 e. The summed E-state index contributed by atoms with van der Waals surface area (Å²) in [5.74, 6) is 0. The molecule has 0 saturated heterocycles. The van der Waals surface area contributed by atoms with E-state index in [4.69, 9.17) is 23.2 Å². The summed E-state index contributed by atoms with van der Waals surface area (Å²) in [6.07, 6.45) is 8.25. The minimum absolute atomic E-state index is 0.715. The normalized spacial score (nSPS) is 11.4. The van der Waals surface area contributed by atoms with Crippen LogP contribution < -0.4 is 10.6 Å². The molecule has 7 heteroatoms. The Hall–Kier alpha value is -2.60. The zero-order valence-electron chi connectivity index (χ0n) is 19.5. The second kappa shape index (κ2) is 12.2. The maximum atomic E-state index is 6.08. The van der Waals surface area contributed by atoms with Gasteiger partial charge in [0.2, 0.25) is 0 Å². The number of pyridine rings is 2. The van der Waals surface area contributed by atoms with Crippen molar-refractivity contribution in [3.8, 4) is 0 Å². The summed E-state index contributed by atoms with van der Waals surface area (Å²) in [6, 6.07) is 15.8. The van der Waals surface area contributed by atoms with Gasteiger partial charge in [0.25, 0.3) is 0 Å². The van der Waals surface area contributed by atoms with Crippen LogP contribution in [0.2, 0.25) is 10.0 Å². The number of halogens is 2. The molecule has 2 aromatic heterocycles. The van der Waals surface area contributed by atoms with Gasteiger partial charge in [-0.05, 0) is 94.4 Å². The van der Waals surface area contributed by atoms with Gasteiger partial charge in [0.15, 0.2) is 0 Å². The summed E-state index contributed by atoms with van der Waals surface area (Å²) in [5.41, 5.74) is 4.08. The van der Waals surface area contributed by atoms with Gasteiger partial charge in [-0.1, -0.05) is 23.2 Å². The summed E-state index contributed by atoms with van der Waals surface area (Å²) < 4.78 is 0. The highest BCUT2D eigenvalue weighted by Gasteiger charge is 2.04. The molecular weight excluding hydrogens is 465 g/mol. The largest absolute Gasteiger partial charge is 0.384 e. The Morgan fingerprint density at radius 3 is 1.62 bits per heavy atom. The third-order valence-electron chi connectivity index (χ3n) is 5.97. The molecule has 0 aliphatic heterocycles. The van der Waals surface area contributed by atoms with E-state index in [1.165, 1.54) is 12.8 Å². The third-order valence-corrected chi connectivity index (χ3v) is 6.44. The average molecular weight is 496 g/mol. The number of nitrogens with zero attached hydrogens (tertiary/aromatic N) is 3. The number of rotatable bonds is 12. The van der Waals surface area contributed by atoms with Gasteiger partial charge in [-0.25, -0.2) is 0 Å². The molecule has 0 amide bonds. The molecule has 0 saturated carbocycles. The van der Waals surface area contributed by atoms with Crippen molar-refractivity contribution in [2.75, 3.05) is 43.9 Å². The molecule has 0 bridgehead atoms. The summed E-state index contributed by atoms with van der Waals surface area (Å²) in [7, 11) is 2.21. The van der Waals surface area contributed by atoms with Crippen LogP contribution in [0.3, 0.4) is 0 Å². The fourth-order valence-corrected chi connectivity index (χ4v) is 4.45. The fraction of sp³-hybridized carbons (Fsp3) is 0.333. The molecule has 34 heavy (non-hydrogen) atoms. The molecule has 178 valence electrons. The lowest BCUT2D eigenvalue weighted by atomic mass is 10.2. The highest BCUT2D eigenvalue weighted by molar-refractivity contribution is 6.31. The number of hydrogen-bond donors (Lipinski definition) is 2. The molecule has 0 unspecified atom stereocenters. The second-order valence-corrected chi connectivity index (χ2v) is 9.48. The minimum atomic E-state index is 0.715. The van der Waals surface area contributed by atoms with Crippen LogP contribution in [0, 0.1) is 0 Å². The van der Waals surface area contributed by atoms with Gasteiger partial charge < -0.3 is 15.5 Å². The Labute approximate surface area is 211 Å². The van der Waals surface area contributed by atoms with Gasteiger partial charge in [0, 0.05) is 57.7 Å².